The van der Waals surface area contributed by atoms with Gasteiger partial charge in [-0.15, -0.1) is 0 Å². The van der Waals surface area contributed by atoms with Crippen molar-refractivity contribution < 1.29 is 23.5 Å². The maximum atomic E-state index is 13.3. The van der Waals surface area contributed by atoms with Gasteiger partial charge in [-0.05, 0) is 60.5 Å². The standard InChI is InChI=1S/C25H16Cl3FN2O4/c1-13-19(27)3-2-4-21(13)31-24(33)18(23(32)30-25(31)34)10-15-9-16(26)11-20(28)22(15)35-12-14-5-7-17(29)8-6-14/h2-11H,12H2,1H3,(H,30,32,34)/b18-10+. The van der Waals surface area contributed by atoms with Crippen LogP contribution in [0.5, 0.6) is 5.75 Å². The number of nitrogens with zero attached hydrogens (tertiary/aromatic N) is 1. The zero-order chi connectivity index (χ0) is 25.3. The van der Waals surface area contributed by atoms with Crippen molar-refractivity contribution in [2.24, 2.45) is 0 Å². The minimum absolute atomic E-state index is 0.0320. The third kappa shape index (κ3) is 5.17. The highest BCUT2D eigenvalue weighted by Gasteiger charge is 2.38. The Morgan fingerprint density at radius 1 is 1.00 bits per heavy atom. The first-order valence-electron chi connectivity index (χ1n) is 10.2. The fourth-order valence-electron chi connectivity index (χ4n) is 3.45. The number of ether oxygens (including phenoxy) is 1. The number of hydrogen-bond donors (Lipinski definition) is 1. The number of rotatable bonds is 5. The van der Waals surface area contributed by atoms with E-state index >= 15 is 0 Å². The summed E-state index contributed by atoms with van der Waals surface area (Å²) in [5.41, 5.74) is 1.28. The molecule has 3 aromatic rings. The molecular formula is C25H16Cl3FN2O4. The second-order valence-corrected chi connectivity index (χ2v) is 8.81. The number of imide groups is 2. The Kier molecular flexibility index (Phi) is 7.12. The van der Waals surface area contributed by atoms with Crippen LogP contribution in [0.4, 0.5) is 14.9 Å². The summed E-state index contributed by atoms with van der Waals surface area (Å²) in [6.45, 7) is 1.68. The molecule has 3 aromatic carbocycles. The maximum absolute atomic E-state index is 13.3. The van der Waals surface area contributed by atoms with Gasteiger partial charge < -0.3 is 4.74 Å². The molecule has 178 valence electrons. The highest BCUT2D eigenvalue weighted by atomic mass is 35.5. The van der Waals surface area contributed by atoms with Gasteiger partial charge in [0.15, 0.2) is 0 Å². The monoisotopic (exact) mass is 532 g/mol. The second-order valence-electron chi connectivity index (χ2n) is 7.56. The highest BCUT2D eigenvalue weighted by Crippen LogP contribution is 2.36. The molecule has 0 saturated carbocycles. The van der Waals surface area contributed by atoms with Crippen LogP contribution >= 0.6 is 34.8 Å². The molecule has 1 aliphatic rings. The first-order chi connectivity index (χ1) is 16.7. The van der Waals surface area contributed by atoms with Crippen molar-refractivity contribution in [3.8, 4) is 5.75 Å². The summed E-state index contributed by atoms with van der Waals surface area (Å²) in [5.74, 6) is -1.99. The summed E-state index contributed by atoms with van der Waals surface area (Å²) in [6.07, 6.45) is 1.24. The number of carbonyl (C=O) groups excluding carboxylic acids is 3. The van der Waals surface area contributed by atoms with Crippen LogP contribution in [-0.2, 0) is 16.2 Å². The first kappa shape index (κ1) is 24.7. The number of halogens is 4. The lowest BCUT2D eigenvalue weighted by Crippen LogP contribution is -2.54. The second kappa shape index (κ2) is 10.1. The van der Waals surface area contributed by atoms with E-state index in [9.17, 15) is 18.8 Å². The Hall–Kier alpha value is -3.39. The zero-order valence-electron chi connectivity index (χ0n) is 18.1. The van der Waals surface area contributed by atoms with Gasteiger partial charge in [0, 0.05) is 15.6 Å². The van der Waals surface area contributed by atoms with E-state index in [4.69, 9.17) is 39.5 Å². The van der Waals surface area contributed by atoms with Gasteiger partial charge >= 0.3 is 6.03 Å². The molecule has 35 heavy (non-hydrogen) atoms. The van der Waals surface area contributed by atoms with Crippen LogP contribution in [0.2, 0.25) is 15.1 Å². The molecule has 1 saturated heterocycles. The van der Waals surface area contributed by atoms with E-state index in [2.05, 4.69) is 5.32 Å². The van der Waals surface area contributed by atoms with E-state index in [1.54, 1.807) is 37.3 Å². The van der Waals surface area contributed by atoms with Gasteiger partial charge in [0.1, 0.15) is 23.7 Å². The molecule has 10 heteroatoms. The molecule has 1 fully saturated rings. The van der Waals surface area contributed by atoms with Crippen LogP contribution < -0.4 is 15.0 Å². The average molecular weight is 534 g/mol. The lowest BCUT2D eigenvalue weighted by molar-refractivity contribution is -0.122. The van der Waals surface area contributed by atoms with Crippen molar-refractivity contribution in [2.75, 3.05) is 4.90 Å². The summed E-state index contributed by atoms with van der Waals surface area (Å²) >= 11 is 18.7. The minimum Gasteiger partial charge on any atom is -0.487 e. The molecule has 0 aromatic heterocycles. The van der Waals surface area contributed by atoms with Crippen LogP contribution in [0.1, 0.15) is 16.7 Å². The SMILES string of the molecule is Cc1c(Cl)cccc1N1C(=O)NC(=O)/C(=C\c2cc(Cl)cc(Cl)c2OCc2ccc(F)cc2)C1=O. The van der Waals surface area contributed by atoms with Crippen molar-refractivity contribution in [2.45, 2.75) is 13.5 Å². The van der Waals surface area contributed by atoms with Crippen LogP contribution in [0.3, 0.4) is 0 Å². The molecule has 4 rings (SSSR count). The molecule has 1 heterocycles. The topological polar surface area (TPSA) is 75.7 Å². The molecule has 0 atom stereocenters. The summed E-state index contributed by atoms with van der Waals surface area (Å²) < 4.78 is 19.0. The van der Waals surface area contributed by atoms with Crippen LogP contribution in [0.15, 0.2) is 60.2 Å². The lowest BCUT2D eigenvalue weighted by Gasteiger charge is -2.28. The average Bonchev–Trinajstić information content (AvgIpc) is 2.79. The summed E-state index contributed by atoms with van der Waals surface area (Å²) in [5, 5.41) is 2.88. The Bertz CT molecular complexity index is 1390. The summed E-state index contributed by atoms with van der Waals surface area (Å²) in [7, 11) is 0. The number of carbonyl (C=O) groups is 3. The Balaban J connectivity index is 1.73. The molecule has 4 amide bonds. The summed E-state index contributed by atoms with van der Waals surface area (Å²) in [6, 6.07) is 12.4. The van der Waals surface area contributed by atoms with E-state index in [1.165, 1.54) is 30.3 Å². The van der Waals surface area contributed by atoms with Gasteiger partial charge in [-0.2, -0.15) is 0 Å². The third-order valence-electron chi connectivity index (χ3n) is 5.22. The molecule has 6 nitrogen and oxygen atoms in total. The fourth-order valence-corrected chi connectivity index (χ4v) is 4.18. The van der Waals surface area contributed by atoms with E-state index in [0.29, 0.717) is 16.1 Å². The van der Waals surface area contributed by atoms with Gasteiger partial charge in [-0.25, -0.2) is 14.1 Å². The van der Waals surface area contributed by atoms with Crippen molar-refractivity contribution >= 4 is 64.4 Å². The van der Waals surface area contributed by atoms with Gasteiger partial charge in [0.25, 0.3) is 11.8 Å². The third-order valence-corrected chi connectivity index (χ3v) is 6.12. The van der Waals surface area contributed by atoms with Crippen LogP contribution in [-0.4, -0.2) is 17.8 Å². The number of anilines is 1. The molecule has 0 unspecified atom stereocenters. The number of barbiturate groups is 1. The van der Waals surface area contributed by atoms with E-state index in [0.717, 1.165) is 4.90 Å². The molecule has 0 aliphatic carbocycles. The van der Waals surface area contributed by atoms with Crippen molar-refractivity contribution in [1.29, 1.82) is 0 Å². The molecule has 0 spiro atoms. The number of benzene rings is 3. The fraction of sp³-hybridized carbons (Fsp3) is 0.0800. The Morgan fingerprint density at radius 2 is 1.71 bits per heavy atom. The molecule has 1 N–H and O–H groups in total. The highest BCUT2D eigenvalue weighted by molar-refractivity contribution is 6.40. The van der Waals surface area contributed by atoms with Gasteiger partial charge in [-0.1, -0.05) is 53.0 Å². The first-order valence-corrected chi connectivity index (χ1v) is 11.3. The quantitative estimate of drug-likeness (QED) is 0.307. The van der Waals surface area contributed by atoms with Gasteiger partial charge in [0.2, 0.25) is 0 Å². The normalized spacial score (nSPS) is 14.9. The van der Waals surface area contributed by atoms with Crippen LogP contribution in [0, 0.1) is 12.7 Å². The predicted molar refractivity (Wildman–Crippen MR) is 132 cm³/mol. The largest absolute Gasteiger partial charge is 0.487 e. The van der Waals surface area contributed by atoms with Crippen LogP contribution in [0.25, 0.3) is 6.08 Å². The number of nitrogens with one attached hydrogen (secondary N) is 1. The molecular weight excluding hydrogens is 518 g/mol. The smallest absolute Gasteiger partial charge is 0.335 e. The number of hydrogen-bond acceptors (Lipinski definition) is 4. The van der Waals surface area contributed by atoms with Crippen molar-refractivity contribution in [3.05, 3.63) is 97.7 Å². The Morgan fingerprint density at radius 3 is 2.43 bits per heavy atom. The van der Waals surface area contributed by atoms with Crippen molar-refractivity contribution in [3.63, 3.8) is 0 Å². The zero-order valence-corrected chi connectivity index (χ0v) is 20.3. The molecule has 0 bridgehead atoms. The Labute approximate surface area is 214 Å². The number of urea groups is 1. The van der Waals surface area contributed by atoms with Gasteiger partial charge in [0.05, 0.1) is 10.7 Å². The molecule has 0 radical (unpaired) electrons. The maximum Gasteiger partial charge on any atom is 0.335 e. The number of amides is 4. The van der Waals surface area contributed by atoms with E-state index in [-0.39, 0.29) is 45.0 Å². The minimum atomic E-state index is -0.903. The van der Waals surface area contributed by atoms with E-state index < -0.39 is 17.8 Å². The summed E-state index contributed by atoms with van der Waals surface area (Å²) in [4.78, 5) is 39.3. The predicted octanol–water partition coefficient (Wildman–Crippen LogP) is 6.34. The lowest BCUT2D eigenvalue weighted by atomic mass is 10.0. The van der Waals surface area contributed by atoms with Gasteiger partial charge in [-0.3, -0.25) is 14.9 Å². The van der Waals surface area contributed by atoms with Crippen molar-refractivity contribution in [1.82, 2.24) is 5.32 Å². The molecule has 1 aliphatic heterocycles. The van der Waals surface area contributed by atoms with E-state index in [1.807, 2.05) is 0 Å².